The number of alkyl halides is 1. The van der Waals surface area contributed by atoms with E-state index in [1.54, 1.807) is 20.8 Å². The Morgan fingerprint density at radius 2 is 1.69 bits per heavy atom. The third kappa shape index (κ3) is 5.93. The number of rotatable bonds is 8. The van der Waals surface area contributed by atoms with Gasteiger partial charge in [0.25, 0.3) is 0 Å². The maximum Gasteiger partial charge on any atom is 0.344 e. The van der Waals surface area contributed by atoms with Crippen molar-refractivity contribution >= 4 is 49.8 Å². The van der Waals surface area contributed by atoms with Gasteiger partial charge in [-0.3, -0.25) is 14.4 Å². The zero-order valence-electron chi connectivity index (χ0n) is 34.6. The van der Waals surface area contributed by atoms with Crippen LogP contribution in [0.3, 0.4) is 0 Å². The number of sulfonamides is 1. The number of allylic oxidation sites excluding steroid dienone is 4. The summed E-state index contributed by atoms with van der Waals surface area (Å²) < 4.78 is 84.8. The number of hydrogen-bond donors (Lipinski definition) is 3. The fourth-order valence-corrected chi connectivity index (χ4v) is 13.3. The number of hydrogen-bond acceptors (Lipinski definition) is 11. The second kappa shape index (κ2) is 14.3. The van der Waals surface area contributed by atoms with Crippen LogP contribution in [0.2, 0.25) is 0 Å². The Labute approximate surface area is 356 Å². The van der Waals surface area contributed by atoms with Gasteiger partial charge in [0.15, 0.2) is 23.9 Å². The summed E-state index contributed by atoms with van der Waals surface area (Å²) in [4.78, 5) is 55.4. The van der Waals surface area contributed by atoms with E-state index in [0.29, 0.717) is 30.5 Å². The molecule has 0 radical (unpaired) electrons. The summed E-state index contributed by atoms with van der Waals surface area (Å²) in [7, 11) is -3.91. The number of piperazine rings is 1. The van der Waals surface area contributed by atoms with Crippen LogP contribution in [0.1, 0.15) is 75.7 Å². The number of halogens is 3. The highest BCUT2D eigenvalue weighted by molar-refractivity contribution is 7.89. The van der Waals surface area contributed by atoms with E-state index in [0.717, 1.165) is 12.3 Å². The summed E-state index contributed by atoms with van der Waals surface area (Å²) in [6, 6.07) is 6.22. The highest BCUT2D eigenvalue weighted by Crippen LogP contribution is 2.70. The van der Waals surface area contributed by atoms with Crippen LogP contribution in [0.25, 0.3) is 10.9 Å². The Balaban J connectivity index is 0.953. The monoisotopic (exact) mass is 878 g/mol. The first-order valence-electron chi connectivity index (χ1n) is 21.1. The number of esters is 1. The number of nitrogens with two attached hydrogens (primary N) is 1. The van der Waals surface area contributed by atoms with Crippen LogP contribution in [0, 0.1) is 40.2 Å². The molecule has 8 atom stereocenters. The minimum Gasteiger partial charge on any atom is -0.454 e. The van der Waals surface area contributed by atoms with Gasteiger partial charge < -0.3 is 30.2 Å². The largest absolute Gasteiger partial charge is 0.454 e. The van der Waals surface area contributed by atoms with Gasteiger partial charge in [-0.2, -0.15) is 4.31 Å². The average Bonchev–Trinajstić information content (AvgIpc) is 4.06. The molecule has 62 heavy (non-hydrogen) atoms. The third-order valence-electron chi connectivity index (χ3n) is 15.4. The maximum atomic E-state index is 17.6. The molecule has 3 aromatic rings. The van der Waals surface area contributed by atoms with Gasteiger partial charge in [-0.25, -0.2) is 26.4 Å². The first-order valence-corrected chi connectivity index (χ1v) is 22.5. The zero-order valence-corrected chi connectivity index (χ0v) is 35.4. The summed E-state index contributed by atoms with van der Waals surface area (Å²) >= 11 is 0. The minimum atomic E-state index is -3.91. The fourth-order valence-electron chi connectivity index (χ4n) is 11.9. The second-order valence-corrected chi connectivity index (χ2v) is 20.5. The van der Waals surface area contributed by atoms with Gasteiger partial charge in [0.1, 0.15) is 22.7 Å². The predicted molar refractivity (Wildman–Crippen MR) is 221 cm³/mol. The number of anilines is 2. The molecule has 0 amide bonds. The van der Waals surface area contributed by atoms with Crippen LogP contribution < -0.4 is 16.1 Å². The molecule has 4 saturated carbocycles. The van der Waals surface area contributed by atoms with E-state index >= 15 is 13.2 Å². The molecule has 2 heterocycles. The van der Waals surface area contributed by atoms with Crippen molar-refractivity contribution in [2.24, 2.45) is 28.6 Å². The summed E-state index contributed by atoms with van der Waals surface area (Å²) in [5.41, 5.74) is -2.56. The maximum absolute atomic E-state index is 17.6. The van der Waals surface area contributed by atoms with Gasteiger partial charge in [-0.15, -0.1) is 0 Å². The quantitative estimate of drug-likeness (QED) is 0.209. The molecule has 1 aromatic heterocycles. The van der Waals surface area contributed by atoms with E-state index in [4.69, 9.17) is 10.5 Å². The van der Waals surface area contributed by atoms with E-state index in [2.05, 4.69) is 0 Å². The Hall–Kier alpha value is -4.84. The Morgan fingerprint density at radius 3 is 2.35 bits per heavy atom. The highest BCUT2D eigenvalue weighted by atomic mass is 32.2. The number of nitrogens with zero attached hydrogens (tertiary/aromatic N) is 3. The van der Waals surface area contributed by atoms with Crippen molar-refractivity contribution in [2.75, 3.05) is 43.4 Å². The van der Waals surface area contributed by atoms with E-state index in [-0.39, 0.29) is 67.7 Å². The van der Waals surface area contributed by atoms with Crippen molar-refractivity contribution in [2.45, 2.75) is 87.6 Å². The zero-order chi connectivity index (χ0) is 44.5. The number of pyridine rings is 1. The number of benzene rings is 2. The van der Waals surface area contributed by atoms with Crippen molar-refractivity contribution < 1.29 is 50.9 Å². The number of ketones is 2. The van der Waals surface area contributed by atoms with Gasteiger partial charge >= 0.3 is 5.97 Å². The van der Waals surface area contributed by atoms with Gasteiger partial charge in [0.05, 0.1) is 21.9 Å². The van der Waals surface area contributed by atoms with Gasteiger partial charge in [0.2, 0.25) is 21.2 Å². The predicted octanol–water partition coefficient (Wildman–Crippen LogP) is 4.78. The van der Waals surface area contributed by atoms with Crippen LogP contribution >= 0.6 is 0 Å². The lowest BCUT2D eigenvalue weighted by atomic mass is 9.44. The molecule has 5 fully saturated rings. The van der Waals surface area contributed by atoms with Crippen molar-refractivity contribution in [3.63, 3.8) is 0 Å². The van der Waals surface area contributed by atoms with Crippen LogP contribution in [-0.2, 0) is 24.3 Å². The molecule has 1 saturated heterocycles. The molecule has 2 aromatic carbocycles. The number of aliphatic hydroxyl groups is 2. The molecule has 9 rings (SSSR count). The molecule has 1 aliphatic heterocycles. The highest BCUT2D eigenvalue weighted by Gasteiger charge is 2.75. The second-order valence-electron chi connectivity index (χ2n) is 18.6. The van der Waals surface area contributed by atoms with Gasteiger partial charge in [-0.05, 0) is 99.8 Å². The number of nitrogen functional groups attached to an aromatic ring is 1. The van der Waals surface area contributed by atoms with E-state index in [1.807, 2.05) is 0 Å². The normalized spacial score (nSPS) is 33.5. The topological polar surface area (TPSA) is 190 Å². The van der Waals surface area contributed by atoms with Crippen LogP contribution in [-0.4, -0.2) is 95.2 Å². The molecular formula is C45H49F3N4O9S. The smallest absolute Gasteiger partial charge is 0.344 e. The minimum absolute atomic E-state index is 0.0313. The summed E-state index contributed by atoms with van der Waals surface area (Å²) in [5, 5.41) is 23.6. The molecular weight excluding hydrogens is 830 g/mol. The lowest BCUT2D eigenvalue weighted by molar-refractivity contribution is -0.219. The molecule has 1 unspecified atom stereocenters. The molecule has 17 heteroatoms. The lowest BCUT2D eigenvalue weighted by Gasteiger charge is -2.62. The number of aromatic nitrogens is 1. The van der Waals surface area contributed by atoms with Gasteiger partial charge in [0, 0.05) is 60.9 Å². The Morgan fingerprint density at radius 1 is 1.02 bits per heavy atom. The van der Waals surface area contributed by atoms with E-state index in [9.17, 15) is 37.8 Å². The standard InChI is InChI=1S/C45H49F3N4O9S/c1-24-18-33-32-11-4-25-19-28(53)12-13-42(25,2)44(32,48)35(54)21-43(33,3)45(24,58)36(55)23-61-41(57)31-22-52(27-7-8-27)38-30(40(31)56)20-34(46)39(37(38)47)50-14-16-51(17-15-50)62(59,60)29-9-5-26(49)6-10-29/h5-6,9-10,12-13,19-20,22,24,27,32-33,35,54,58H,4,7-8,11,14-18,21,23,49H2,1-3H3/t24-,32+,33+,35?,42+,43+,44+,45+/m1/s1. The van der Waals surface area contributed by atoms with Crippen LogP contribution in [0.4, 0.5) is 24.5 Å². The Kier molecular flexibility index (Phi) is 9.82. The molecule has 6 aliphatic rings. The average molecular weight is 879 g/mol. The van der Waals surface area contributed by atoms with Gasteiger partial charge in [-0.1, -0.05) is 25.5 Å². The summed E-state index contributed by atoms with van der Waals surface area (Å²) in [5.74, 6) is -6.61. The summed E-state index contributed by atoms with van der Waals surface area (Å²) in [6.07, 6.45) is 5.55. The number of ether oxygens (including phenoxy) is 1. The van der Waals surface area contributed by atoms with Crippen LogP contribution in [0.15, 0.2) is 70.0 Å². The third-order valence-corrected chi connectivity index (χ3v) is 17.3. The summed E-state index contributed by atoms with van der Waals surface area (Å²) in [6.45, 7) is 3.73. The van der Waals surface area contributed by atoms with E-state index in [1.165, 1.54) is 56.3 Å². The number of carbonyl (C=O) groups excluding carboxylic acids is 3. The Bertz CT molecular complexity index is 2680. The van der Waals surface area contributed by atoms with Crippen molar-refractivity contribution in [3.05, 3.63) is 87.8 Å². The van der Waals surface area contributed by atoms with E-state index < -0.39 is 108 Å². The molecule has 13 nitrogen and oxygen atoms in total. The molecule has 0 bridgehead atoms. The number of carbonyl (C=O) groups is 3. The number of aliphatic hydroxyl groups excluding tert-OH is 1. The van der Waals surface area contributed by atoms with Crippen molar-refractivity contribution in [1.29, 1.82) is 0 Å². The number of Topliss-reactive ketones (excluding diaryl/α,β-unsaturated/α-hetero) is 1. The van der Waals surface area contributed by atoms with Crippen molar-refractivity contribution in [1.82, 2.24) is 8.87 Å². The molecule has 5 aliphatic carbocycles. The van der Waals surface area contributed by atoms with Crippen molar-refractivity contribution in [3.8, 4) is 0 Å². The number of fused-ring (bicyclic) bond motifs is 6. The van der Waals surface area contributed by atoms with Crippen LogP contribution in [0.5, 0.6) is 0 Å². The fraction of sp³-hybridized carbons (Fsp3) is 0.511. The molecule has 4 N–H and O–H groups in total. The lowest BCUT2D eigenvalue weighted by Crippen LogP contribution is -2.69. The molecule has 0 spiro atoms. The first kappa shape index (κ1) is 42.5. The molecule has 330 valence electrons. The SMILES string of the molecule is C[C@@H]1C[C@H]2[C@@H]3CCC4=CC(=O)C=C[C@]4(C)[C@@]3(F)C(O)C[C@]2(C)[C@@]1(O)C(=O)COC(=O)c1cn(C2CC2)c2c(F)c(N3CCN(S(=O)(=O)c4ccc(N)cc4)CC3)c(F)cc2c1=O. The first-order chi connectivity index (χ1) is 29.2.